The molecule has 2 aliphatic carbocycles. The molecule has 2 saturated carbocycles. The van der Waals surface area contributed by atoms with Crippen LogP contribution in [-0.4, -0.2) is 28.0 Å². The van der Waals surface area contributed by atoms with Crippen molar-refractivity contribution < 1.29 is 27.9 Å². The summed E-state index contributed by atoms with van der Waals surface area (Å²) in [4.78, 5) is 26.5. The van der Waals surface area contributed by atoms with Gasteiger partial charge >= 0.3 is 12.1 Å². The fraction of sp³-hybridized carbons (Fsp3) is 0.562. The van der Waals surface area contributed by atoms with Gasteiger partial charge in [0.25, 0.3) is 5.91 Å². The second-order valence-electron chi connectivity index (χ2n) is 6.54. The molecule has 1 aromatic rings. The van der Waals surface area contributed by atoms with Gasteiger partial charge in [-0.05, 0) is 43.7 Å². The van der Waals surface area contributed by atoms with Gasteiger partial charge in [0.05, 0.1) is 0 Å². The van der Waals surface area contributed by atoms with Gasteiger partial charge in [0.1, 0.15) is 5.69 Å². The molecular formula is C16H17F3N2O3. The number of aliphatic carboxylic acids is 1. The molecule has 0 bridgehead atoms. The molecule has 2 aliphatic rings. The van der Waals surface area contributed by atoms with Gasteiger partial charge in [-0.15, -0.1) is 0 Å². The summed E-state index contributed by atoms with van der Waals surface area (Å²) in [5, 5.41) is 11.4. The lowest BCUT2D eigenvalue weighted by atomic mass is 9.78. The first-order valence-electron chi connectivity index (χ1n) is 7.84. The summed E-state index contributed by atoms with van der Waals surface area (Å²) in [5.74, 6) is -1.44. The van der Waals surface area contributed by atoms with E-state index in [2.05, 4.69) is 10.3 Å². The zero-order chi connectivity index (χ0) is 17.5. The van der Waals surface area contributed by atoms with Crippen LogP contribution in [0.3, 0.4) is 0 Å². The van der Waals surface area contributed by atoms with Crippen LogP contribution in [-0.2, 0) is 11.0 Å². The van der Waals surface area contributed by atoms with Gasteiger partial charge in [0.15, 0.2) is 0 Å². The molecule has 0 saturated heterocycles. The summed E-state index contributed by atoms with van der Waals surface area (Å²) in [5.41, 5.74) is -0.775. The maximum absolute atomic E-state index is 13.0. The second kappa shape index (κ2) is 6.07. The van der Waals surface area contributed by atoms with E-state index in [0.717, 1.165) is 18.9 Å². The zero-order valence-corrected chi connectivity index (χ0v) is 12.8. The van der Waals surface area contributed by atoms with E-state index in [9.17, 15) is 22.8 Å². The number of carbonyl (C=O) groups excluding carboxylic acids is 1. The van der Waals surface area contributed by atoms with E-state index >= 15 is 0 Å². The minimum atomic E-state index is -4.59. The molecule has 0 atom stereocenters. The third kappa shape index (κ3) is 3.85. The molecule has 1 amide bonds. The van der Waals surface area contributed by atoms with Crippen LogP contribution in [0.5, 0.6) is 0 Å². The molecule has 3 rings (SSSR count). The number of hydrogen-bond donors (Lipinski definition) is 2. The zero-order valence-electron chi connectivity index (χ0n) is 12.8. The van der Waals surface area contributed by atoms with E-state index in [1.807, 2.05) is 0 Å². The molecule has 2 fully saturated rings. The Morgan fingerprint density at radius 1 is 1.25 bits per heavy atom. The first kappa shape index (κ1) is 16.7. The van der Waals surface area contributed by atoms with Gasteiger partial charge in [0.2, 0.25) is 0 Å². The monoisotopic (exact) mass is 342 g/mol. The maximum atomic E-state index is 13.0. The van der Waals surface area contributed by atoms with E-state index in [4.69, 9.17) is 5.11 Å². The highest BCUT2D eigenvalue weighted by molar-refractivity contribution is 5.94. The Labute approximate surface area is 136 Å². The molecule has 24 heavy (non-hydrogen) atoms. The predicted molar refractivity (Wildman–Crippen MR) is 77.4 cm³/mol. The number of rotatable bonds is 5. The minimum absolute atomic E-state index is 0.00231. The summed E-state index contributed by atoms with van der Waals surface area (Å²) >= 11 is 0. The standard InChI is InChI=1S/C16H17F3N2O3/c17-16(18,19)13-7-10(6-12(21-13)9-1-2-9)15(24)20-11-3-8(4-11)5-14(22)23/h6-9,11H,1-5H2,(H,20,24)(H,22,23). The Morgan fingerprint density at radius 2 is 1.92 bits per heavy atom. The fourth-order valence-corrected chi connectivity index (χ4v) is 2.95. The van der Waals surface area contributed by atoms with Gasteiger partial charge in [-0.2, -0.15) is 13.2 Å². The van der Waals surface area contributed by atoms with E-state index < -0.39 is 23.7 Å². The quantitative estimate of drug-likeness (QED) is 0.862. The van der Waals surface area contributed by atoms with Crippen LogP contribution >= 0.6 is 0 Å². The van der Waals surface area contributed by atoms with Crippen LogP contribution in [0.25, 0.3) is 0 Å². The summed E-state index contributed by atoms with van der Waals surface area (Å²) in [6, 6.07) is 2.01. The van der Waals surface area contributed by atoms with Crippen molar-refractivity contribution in [2.24, 2.45) is 5.92 Å². The topological polar surface area (TPSA) is 79.3 Å². The van der Waals surface area contributed by atoms with E-state index in [0.29, 0.717) is 18.5 Å². The molecule has 130 valence electrons. The fourth-order valence-electron chi connectivity index (χ4n) is 2.95. The smallest absolute Gasteiger partial charge is 0.433 e. The van der Waals surface area contributed by atoms with Crippen molar-refractivity contribution in [1.82, 2.24) is 10.3 Å². The number of aromatic nitrogens is 1. The molecule has 0 aromatic carbocycles. The Kier molecular flexibility index (Phi) is 4.23. The number of nitrogens with zero attached hydrogens (tertiary/aromatic N) is 1. The number of halogens is 3. The molecule has 0 radical (unpaired) electrons. The van der Waals surface area contributed by atoms with Crippen molar-refractivity contribution in [3.05, 3.63) is 29.1 Å². The van der Waals surface area contributed by atoms with Gasteiger partial charge in [-0.1, -0.05) is 0 Å². The van der Waals surface area contributed by atoms with E-state index in [1.165, 1.54) is 6.07 Å². The highest BCUT2D eigenvalue weighted by Gasteiger charge is 2.37. The average molecular weight is 342 g/mol. The molecule has 0 spiro atoms. The summed E-state index contributed by atoms with van der Waals surface area (Å²) in [7, 11) is 0. The average Bonchev–Trinajstić information content (AvgIpc) is 3.27. The van der Waals surface area contributed by atoms with E-state index in [1.54, 1.807) is 0 Å². The lowest BCUT2D eigenvalue weighted by Crippen LogP contribution is -2.44. The second-order valence-corrected chi connectivity index (χ2v) is 6.54. The van der Waals surface area contributed by atoms with Crippen LogP contribution in [0.15, 0.2) is 12.1 Å². The Balaban J connectivity index is 1.68. The number of amides is 1. The maximum Gasteiger partial charge on any atom is 0.433 e. The number of hydrogen-bond acceptors (Lipinski definition) is 3. The van der Waals surface area contributed by atoms with Crippen molar-refractivity contribution in [2.75, 3.05) is 0 Å². The number of alkyl halides is 3. The van der Waals surface area contributed by atoms with Gasteiger partial charge in [-0.3, -0.25) is 9.59 Å². The van der Waals surface area contributed by atoms with Crippen LogP contribution in [0.2, 0.25) is 0 Å². The molecule has 1 heterocycles. The van der Waals surface area contributed by atoms with Gasteiger partial charge in [-0.25, -0.2) is 4.98 Å². The van der Waals surface area contributed by atoms with Crippen LogP contribution < -0.4 is 5.32 Å². The van der Waals surface area contributed by atoms with Crippen molar-refractivity contribution in [3.8, 4) is 0 Å². The van der Waals surface area contributed by atoms with Gasteiger partial charge < -0.3 is 10.4 Å². The Hall–Kier alpha value is -2.12. The Morgan fingerprint density at radius 3 is 2.46 bits per heavy atom. The minimum Gasteiger partial charge on any atom is -0.481 e. The van der Waals surface area contributed by atoms with Crippen molar-refractivity contribution in [3.63, 3.8) is 0 Å². The largest absolute Gasteiger partial charge is 0.481 e. The van der Waals surface area contributed by atoms with Crippen molar-refractivity contribution >= 4 is 11.9 Å². The molecule has 2 N–H and O–H groups in total. The SMILES string of the molecule is O=C(O)CC1CC(NC(=O)c2cc(C3CC3)nc(C(F)(F)F)c2)C1. The molecule has 5 nitrogen and oxygen atoms in total. The van der Waals surface area contributed by atoms with Crippen molar-refractivity contribution in [1.29, 1.82) is 0 Å². The first-order chi connectivity index (χ1) is 11.2. The summed E-state index contributed by atoms with van der Waals surface area (Å²) in [6.45, 7) is 0. The number of carboxylic acids is 1. The number of nitrogens with one attached hydrogen (secondary N) is 1. The number of carbonyl (C=O) groups is 2. The third-order valence-electron chi connectivity index (χ3n) is 4.43. The molecule has 1 aromatic heterocycles. The molecule has 0 unspecified atom stereocenters. The third-order valence-corrected chi connectivity index (χ3v) is 4.43. The van der Waals surface area contributed by atoms with Gasteiger partial charge in [0, 0.05) is 29.6 Å². The van der Waals surface area contributed by atoms with Crippen LogP contribution in [0.1, 0.15) is 59.8 Å². The molecule has 8 heteroatoms. The van der Waals surface area contributed by atoms with Crippen LogP contribution in [0.4, 0.5) is 13.2 Å². The lowest BCUT2D eigenvalue weighted by Gasteiger charge is -2.35. The van der Waals surface area contributed by atoms with Crippen LogP contribution in [0, 0.1) is 5.92 Å². The number of carboxylic acid groups (broad SMARTS) is 1. The lowest BCUT2D eigenvalue weighted by molar-refractivity contribution is -0.141. The Bertz CT molecular complexity index is 665. The van der Waals surface area contributed by atoms with Crippen molar-refractivity contribution in [2.45, 2.75) is 50.2 Å². The number of pyridine rings is 1. The normalized spacial score (nSPS) is 23.5. The highest BCUT2D eigenvalue weighted by atomic mass is 19.4. The summed E-state index contributed by atoms with van der Waals surface area (Å²) in [6.07, 6.45) is -1.91. The molecular weight excluding hydrogens is 325 g/mol. The highest BCUT2D eigenvalue weighted by Crippen LogP contribution is 2.41. The molecule has 0 aliphatic heterocycles. The van der Waals surface area contributed by atoms with E-state index in [-0.39, 0.29) is 29.9 Å². The predicted octanol–water partition coefficient (Wildman–Crippen LogP) is 2.96. The first-order valence-corrected chi connectivity index (χ1v) is 7.84. The summed E-state index contributed by atoms with van der Waals surface area (Å²) < 4.78 is 38.9.